The molecule has 4 atom stereocenters. The van der Waals surface area contributed by atoms with Gasteiger partial charge in [-0.25, -0.2) is 4.39 Å². The van der Waals surface area contributed by atoms with Crippen molar-refractivity contribution >= 4 is 0 Å². The smallest absolute Gasteiger partial charge is 0.123 e. The van der Waals surface area contributed by atoms with Crippen LogP contribution in [0.4, 0.5) is 4.39 Å². The summed E-state index contributed by atoms with van der Waals surface area (Å²) in [6, 6.07) is 7.31. The quantitative estimate of drug-likeness (QED) is 0.885. The van der Waals surface area contributed by atoms with E-state index in [1.165, 1.54) is 18.9 Å². The monoisotopic (exact) mass is 249 g/mol. The first-order valence-electron chi connectivity index (χ1n) is 6.83. The Bertz CT molecular complexity index is 423. The first-order chi connectivity index (χ1) is 8.76. The summed E-state index contributed by atoms with van der Waals surface area (Å²) in [7, 11) is 2.00. The Morgan fingerprint density at radius 3 is 2.94 bits per heavy atom. The van der Waals surface area contributed by atoms with Crippen LogP contribution in [0.25, 0.3) is 0 Å². The standard InChI is InChI=1S/C15H20FNO/c1-17-14(8-10-3-2-4-11(16)7-10)13-9-12-5-6-15(13)18-12/h2-4,7,12-15,17H,5-6,8-9H2,1H3. The van der Waals surface area contributed by atoms with Crippen LogP contribution in [-0.2, 0) is 11.2 Å². The molecule has 0 aromatic heterocycles. The van der Waals surface area contributed by atoms with Crippen LogP contribution in [0.3, 0.4) is 0 Å². The van der Waals surface area contributed by atoms with E-state index >= 15 is 0 Å². The van der Waals surface area contributed by atoms with Crippen molar-refractivity contribution in [3.8, 4) is 0 Å². The van der Waals surface area contributed by atoms with Crippen molar-refractivity contribution < 1.29 is 9.13 Å². The minimum absolute atomic E-state index is 0.147. The summed E-state index contributed by atoms with van der Waals surface area (Å²) in [4.78, 5) is 0. The Balaban J connectivity index is 1.69. The van der Waals surface area contributed by atoms with E-state index in [1.54, 1.807) is 12.1 Å². The molecule has 3 rings (SSSR count). The highest BCUT2D eigenvalue weighted by molar-refractivity contribution is 5.18. The summed E-state index contributed by atoms with van der Waals surface area (Å²) in [6.07, 6.45) is 5.34. The van der Waals surface area contributed by atoms with Crippen molar-refractivity contribution in [1.29, 1.82) is 0 Å². The Hall–Kier alpha value is -0.930. The van der Waals surface area contributed by atoms with Gasteiger partial charge in [0, 0.05) is 12.0 Å². The first-order valence-corrected chi connectivity index (χ1v) is 6.83. The highest BCUT2D eigenvalue weighted by atomic mass is 19.1. The fourth-order valence-electron chi connectivity index (χ4n) is 3.49. The maximum Gasteiger partial charge on any atom is 0.123 e. The van der Waals surface area contributed by atoms with Crippen LogP contribution in [0, 0.1) is 11.7 Å². The van der Waals surface area contributed by atoms with E-state index in [1.807, 2.05) is 13.1 Å². The molecule has 3 heteroatoms. The van der Waals surface area contributed by atoms with Crippen LogP contribution < -0.4 is 5.32 Å². The summed E-state index contributed by atoms with van der Waals surface area (Å²) in [5.41, 5.74) is 1.07. The maximum absolute atomic E-state index is 13.2. The van der Waals surface area contributed by atoms with E-state index in [9.17, 15) is 4.39 Å². The van der Waals surface area contributed by atoms with Crippen molar-refractivity contribution in [2.24, 2.45) is 5.92 Å². The molecule has 18 heavy (non-hydrogen) atoms. The largest absolute Gasteiger partial charge is 0.375 e. The summed E-state index contributed by atoms with van der Waals surface area (Å²) >= 11 is 0. The molecule has 1 aromatic carbocycles. The fraction of sp³-hybridized carbons (Fsp3) is 0.600. The zero-order chi connectivity index (χ0) is 12.5. The number of nitrogens with one attached hydrogen (secondary N) is 1. The predicted octanol–water partition coefficient (Wildman–Crippen LogP) is 2.52. The minimum atomic E-state index is -0.147. The summed E-state index contributed by atoms with van der Waals surface area (Å²) in [5, 5.41) is 3.39. The van der Waals surface area contributed by atoms with E-state index < -0.39 is 0 Å². The summed E-state index contributed by atoms with van der Waals surface area (Å²) in [6.45, 7) is 0. The number of fused-ring (bicyclic) bond motifs is 2. The van der Waals surface area contributed by atoms with Gasteiger partial charge in [-0.3, -0.25) is 0 Å². The average molecular weight is 249 g/mol. The molecule has 1 aromatic rings. The molecule has 2 aliphatic rings. The molecular weight excluding hydrogens is 229 g/mol. The number of hydrogen-bond donors (Lipinski definition) is 1. The van der Waals surface area contributed by atoms with Gasteiger partial charge in [0.15, 0.2) is 0 Å². The number of ether oxygens (including phenoxy) is 1. The van der Waals surface area contributed by atoms with Gasteiger partial charge in [0.05, 0.1) is 12.2 Å². The topological polar surface area (TPSA) is 21.3 Å². The van der Waals surface area contributed by atoms with Gasteiger partial charge in [0.25, 0.3) is 0 Å². The molecule has 0 saturated carbocycles. The molecule has 98 valence electrons. The molecule has 2 nitrogen and oxygen atoms in total. The Labute approximate surface area is 108 Å². The number of hydrogen-bond acceptors (Lipinski definition) is 2. The van der Waals surface area contributed by atoms with Gasteiger partial charge in [0.2, 0.25) is 0 Å². The Kier molecular flexibility index (Phi) is 3.35. The van der Waals surface area contributed by atoms with E-state index in [4.69, 9.17) is 4.74 Å². The van der Waals surface area contributed by atoms with Crippen LogP contribution >= 0.6 is 0 Å². The van der Waals surface area contributed by atoms with Crippen molar-refractivity contribution in [3.63, 3.8) is 0 Å². The molecule has 0 spiro atoms. The maximum atomic E-state index is 13.2. The molecule has 2 aliphatic heterocycles. The molecule has 0 amide bonds. The number of rotatable bonds is 4. The summed E-state index contributed by atoms with van der Waals surface area (Å²) < 4.78 is 19.1. The molecule has 2 fully saturated rings. The van der Waals surface area contributed by atoms with Crippen molar-refractivity contribution in [3.05, 3.63) is 35.6 Å². The van der Waals surface area contributed by atoms with E-state index in [0.29, 0.717) is 24.2 Å². The SMILES string of the molecule is CNC(Cc1cccc(F)c1)C1CC2CCC1O2. The second kappa shape index (κ2) is 4.98. The zero-order valence-electron chi connectivity index (χ0n) is 10.7. The van der Waals surface area contributed by atoms with Crippen LogP contribution in [0.1, 0.15) is 24.8 Å². The van der Waals surface area contributed by atoms with Gasteiger partial charge in [0.1, 0.15) is 5.82 Å². The van der Waals surface area contributed by atoms with E-state index in [0.717, 1.165) is 18.4 Å². The second-order valence-electron chi connectivity index (χ2n) is 5.50. The highest BCUT2D eigenvalue weighted by Gasteiger charge is 2.43. The van der Waals surface area contributed by atoms with Crippen LogP contribution in [0.5, 0.6) is 0 Å². The number of likely N-dealkylation sites (N-methyl/N-ethyl adjacent to an activating group) is 1. The molecular formula is C15H20FNO. The molecule has 2 heterocycles. The number of benzene rings is 1. The van der Waals surface area contributed by atoms with Crippen molar-refractivity contribution in [2.45, 2.75) is 43.9 Å². The van der Waals surface area contributed by atoms with Crippen LogP contribution in [-0.4, -0.2) is 25.3 Å². The molecule has 1 N–H and O–H groups in total. The normalized spacial score (nSPS) is 31.8. The fourth-order valence-corrected chi connectivity index (χ4v) is 3.49. The van der Waals surface area contributed by atoms with Crippen LogP contribution in [0.2, 0.25) is 0 Å². The molecule has 2 saturated heterocycles. The van der Waals surface area contributed by atoms with Gasteiger partial charge < -0.3 is 10.1 Å². The van der Waals surface area contributed by atoms with Crippen LogP contribution in [0.15, 0.2) is 24.3 Å². The van der Waals surface area contributed by atoms with Gasteiger partial charge in [-0.15, -0.1) is 0 Å². The lowest BCUT2D eigenvalue weighted by Crippen LogP contribution is -2.40. The Morgan fingerprint density at radius 2 is 2.33 bits per heavy atom. The molecule has 2 bridgehead atoms. The lowest BCUT2D eigenvalue weighted by atomic mass is 9.81. The molecule has 0 aliphatic carbocycles. The minimum Gasteiger partial charge on any atom is -0.375 e. The predicted molar refractivity (Wildman–Crippen MR) is 69.0 cm³/mol. The number of halogens is 1. The lowest BCUT2D eigenvalue weighted by molar-refractivity contribution is 0.0863. The summed E-state index contributed by atoms with van der Waals surface area (Å²) in [5.74, 6) is 0.434. The van der Waals surface area contributed by atoms with E-state index in [2.05, 4.69) is 5.32 Å². The third-order valence-electron chi connectivity index (χ3n) is 4.39. The van der Waals surface area contributed by atoms with Gasteiger partial charge >= 0.3 is 0 Å². The third kappa shape index (κ3) is 2.29. The average Bonchev–Trinajstić information content (AvgIpc) is 2.98. The second-order valence-corrected chi connectivity index (χ2v) is 5.50. The Morgan fingerprint density at radius 1 is 1.44 bits per heavy atom. The third-order valence-corrected chi connectivity index (χ3v) is 4.39. The lowest BCUT2D eigenvalue weighted by Gasteiger charge is -2.28. The molecule has 4 unspecified atom stereocenters. The van der Waals surface area contributed by atoms with Gasteiger partial charge in [-0.1, -0.05) is 12.1 Å². The van der Waals surface area contributed by atoms with Crippen molar-refractivity contribution in [1.82, 2.24) is 5.32 Å². The van der Waals surface area contributed by atoms with Crippen molar-refractivity contribution in [2.75, 3.05) is 7.05 Å². The first kappa shape index (κ1) is 12.1. The van der Waals surface area contributed by atoms with E-state index in [-0.39, 0.29) is 5.82 Å². The zero-order valence-corrected chi connectivity index (χ0v) is 10.7. The molecule has 0 radical (unpaired) electrons. The van der Waals surface area contributed by atoms with Gasteiger partial charge in [-0.2, -0.15) is 0 Å². The van der Waals surface area contributed by atoms with Gasteiger partial charge in [-0.05, 0) is 50.4 Å². The highest BCUT2D eigenvalue weighted by Crippen LogP contribution is 2.40.